The zero-order chi connectivity index (χ0) is 17.5. The highest BCUT2D eigenvalue weighted by molar-refractivity contribution is 5.78. The van der Waals surface area contributed by atoms with Crippen LogP contribution in [-0.4, -0.2) is 42.5 Å². The Morgan fingerprint density at radius 2 is 1.74 bits per heavy atom. The zero-order valence-electron chi connectivity index (χ0n) is 14.8. The van der Waals surface area contributed by atoms with E-state index in [4.69, 9.17) is 4.74 Å². The molecule has 0 unspecified atom stereocenters. The summed E-state index contributed by atoms with van der Waals surface area (Å²) in [5, 5.41) is 2.91. The van der Waals surface area contributed by atoms with Gasteiger partial charge in [-0.25, -0.2) is 0 Å². The molecule has 1 aromatic rings. The molecule has 0 spiro atoms. The fourth-order valence-corrected chi connectivity index (χ4v) is 2.20. The number of hydrogen-bond donors (Lipinski definition) is 1. The summed E-state index contributed by atoms with van der Waals surface area (Å²) in [4.78, 5) is 25.3. The molecule has 0 bridgehead atoms. The van der Waals surface area contributed by atoms with Gasteiger partial charge in [0.05, 0.1) is 7.11 Å². The molecule has 5 nitrogen and oxygen atoms in total. The zero-order valence-corrected chi connectivity index (χ0v) is 14.8. The number of carbonyl (C=O) groups excluding carboxylic acids is 2. The maximum absolute atomic E-state index is 11.9. The molecule has 5 heteroatoms. The van der Waals surface area contributed by atoms with Gasteiger partial charge in [0.2, 0.25) is 11.8 Å². The van der Waals surface area contributed by atoms with E-state index in [9.17, 15) is 9.59 Å². The first-order chi connectivity index (χ1) is 10.7. The van der Waals surface area contributed by atoms with Gasteiger partial charge < -0.3 is 15.0 Å². The van der Waals surface area contributed by atoms with E-state index in [-0.39, 0.29) is 17.4 Å². The molecular weight excluding hydrogens is 292 g/mol. The van der Waals surface area contributed by atoms with Gasteiger partial charge in [-0.15, -0.1) is 0 Å². The van der Waals surface area contributed by atoms with E-state index >= 15 is 0 Å². The molecule has 0 heterocycles. The quantitative estimate of drug-likeness (QED) is 0.839. The van der Waals surface area contributed by atoms with Gasteiger partial charge in [-0.1, -0.05) is 12.1 Å². The topological polar surface area (TPSA) is 58.6 Å². The highest BCUT2D eigenvalue weighted by Gasteiger charge is 2.16. The summed E-state index contributed by atoms with van der Waals surface area (Å²) in [5.74, 6) is 0.770. The number of benzene rings is 1. The van der Waals surface area contributed by atoms with Crippen LogP contribution in [0.2, 0.25) is 0 Å². The number of hydrogen-bond acceptors (Lipinski definition) is 3. The Balaban J connectivity index is 2.48. The maximum Gasteiger partial charge on any atom is 0.222 e. The standard InChI is InChI=1S/C18H28N2O3/c1-14(21)20(13-11-17(22)19-18(2,3)4)12-10-15-6-8-16(23-5)9-7-15/h6-9H,10-13H2,1-5H3,(H,19,22). The number of carbonyl (C=O) groups is 2. The average molecular weight is 320 g/mol. The largest absolute Gasteiger partial charge is 0.497 e. The van der Waals surface area contributed by atoms with Gasteiger partial charge in [-0.3, -0.25) is 9.59 Å². The van der Waals surface area contributed by atoms with Gasteiger partial charge in [-0.2, -0.15) is 0 Å². The van der Waals surface area contributed by atoms with E-state index in [2.05, 4.69) is 5.32 Å². The molecule has 0 aromatic heterocycles. The summed E-state index contributed by atoms with van der Waals surface area (Å²) in [6, 6.07) is 7.79. The molecule has 2 amide bonds. The lowest BCUT2D eigenvalue weighted by Gasteiger charge is -2.24. The molecule has 0 aliphatic heterocycles. The minimum absolute atomic E-state index is 0.0120. The third-order valence-corrected chi connectivity index (χ3v) is 3.40. The van der Waals surface area contributed by atoms with Crippen LogP contribution in [0.15, 0.2) is 24.3 Å². The number of methoxy groups -OCH3 is 1. The number of nitrogens with zero attached hydrogens (tertiary/aromatic N) is 1. The summed E-state index contributed by atoms with van der Waals surface area (Å²) in [7, 11) is 1.63. The highest BCUT2D eigenvalue weighted by atomic mass is 16.5. The molecule has 0 radical (unpaired) electrons. The Hall–Kier alpha value is -2.04. The van der Waals surface area contributed by atoms with Crippen LogP contribution in [0.4, 0.5) is 0 Å². The SMILES string of the molecule is COc1ccc(CCN(CCC(=O)NC(C)(C)C)C(C)=O)cc1. The molecule has 23 heavy (non-hydrogen) atoms. The second-order valence-electron chi connectivity index (χ2n) is 6.65. The summed E-state index contributed by atoms with van der Waals surface area (Å²) in [5.41, 5.74) is 0.887. The Kier molecular flexibility index (Phi) is 7.07. The summed E-state index contributed by atoms with van der Waals surface area (Å²) < 4.78 is 5.13. The molecule has 0 saturated carbocycles. The van der Waals surface area contributed by atoms with Gasteiger partial charge >= 0.3 is 0 Å². The van der Waals surface area contributed by atoms with Crippen molar-refractivity contribution >= 4 is 11.8 Å². The van der Waals surface area contributed by atoms with Crippen molar-refractivity contribution in [1.82, 2.24) is 10.2 Å². The van der Waals surface area contributed by atoms with E-state index in [1.165, 1.54) is 6.92 Å². The summed E-state index contributed by atoms with van der Waals surface area (Å²) in [6.45, 7) is 8.40. The first kappa shape index (κ1) is 19.0. The Morgan fingerprint density at radius 1 is 1.13 bits per heavy atom. The minimum atomic E-state index is -0.249. The van der Waals surface area contributed by atoms with Crippen molar-refractivity contribution in [3.8, 4) is 5.75 Å². The van der Waals surface area contributed by atoms with Crippen LogP contribution in [0, 0.1) is 0 Å². The van der Waals surface area contributed by atoms with Gasteiger partial charge in [-0.05, 0) is 44.9 Å². The number of ether oxygens (including phenoxy) is 1. The molecule has 0 aliphatic carbocycles. The molecule has 1 aromatic carbocycles. The van der Waals surface area contributed by atoms with Gasteiger partial charge in [0, 0.05) is 32.0 Å². The lowest BCUT2D eigenvalue weighted by atomic mass is 10.1. The smallest absolute Gasteiger partial charge is 0.222 e. The first-order valence-electron chi connectivity index (χ1n) is 7.91. The van der Waals surface area contributed by atoms with Crippen LogP contribution in [0.3, 0.4) is 0 Å². The van der Waals surface area contributed by atoms with Gasteiger partial charge in [0.15, 0.2) is 0 Å². The first-order valence-corrected chi connectivity index (χ1v) is 7.91. The normalized spacial score (nSPS) is 11.0. The van der Waals surface area contributed by atoms with Gasteiger partial charge in [0.25, 0.3) is 0 Å². The van der Waals surface area contributed by atoms with Crippen molar-refractivity contribution in [2.75, 3.05) is 20.2 Å². The Morgan fingerprint density at radius 3 is 2.22 bits per heavy atom. The number of amides is 2. The van der Waals surface area contributed by atoms with Crippen molar-refractivity contribution in [3.05, 3.63) is 29.8 Å². The van der Waals surface area contributed by atoms with Crippen LogP contribution in [0.5, 0.6) is 5.75 Å². The molecule has 0 aliphatic rings. The van der Waals surface area contributed by atoms with Crippen LogP contribution in [0.1, 0.15) is 39.7 Å². The monoisotopic (exact) mass is 320 g/mol. The van der Waals surface area contributed by atoms with Crippen molar-refractivity contribution < 1.29 is 14.3 Å². The predicted octanol–water partition coefficient (Wildman–Crippen LogP) is 2.39. The fourth-order valence-electron chi connectivity index (χ4n) is 2.20. The molecule has 128 valence electrons. The van der Waals surface area contributed by atoms with E-state index in [1.807, 2.05) is 45.0 Å². The van der Waals surface area contributed by atoms with E-state index in [0.29, 0.717) is 19.5 Å². The van der Waals surface area contributed by atoms with Gasteiger partial charge in [0.1, 0.15) is 5.75 Å². The predicted molar refractivity (Wildman–Crippen MR) is 91.5 cm³/mol. The van der Waals surface area contributed by atoms with Crippen molar-refractivity contribution in [1.29, 1.82) is 0 Å². The number of nitrogens with one attached hydrogen (secondary N) is 1. The summed E-state index contributed by atoms with van der Waals surface area (Å²) >= 11 is 0. The van der Waals surface area contributed by atoms with Crippen LogP contribution >= 0.6 is 0 Å². The molecular formula is C18H28N2O3. The van der Waals surface area contributed by atoms with Crippen molar-refractivity contribution in [2.24, 2.45) is 0 Å². The van der Waals surface area contributed by atoms with Crippen molar-refractivity contribution in [2.45, 2.75) is 46.1 Å². The number of rotatable bonds is 7. The van der Waals surface area contributed by atoms with Crippen LogP contribution in [0.25, 0.3) is 0 Å². The third kappa shape index (κ3) is 7.68. The lowest BCUT2D eigenvalue weighted by Crippen LogP contribution is -2.42. The molecule has 1 N–H and O–H groups in total. The molecule has 0 fully saturated rings. The second-order valence-corrected chi connectivity index (χ2v) is 6.65. The fraction of sp³-hybridized carbons (Fsp3) is 0.556. The lowest BCUT2D eigenvalue weighted by molar-refractivity contribution is -0.129. The van der Waals surface area contributed by atoms with E-state index in [0.717, 1.165) is 17.7 Å². The minimum Gasteiger partial charge on any atom is -0.497 e. The Labute approximate surface area is 139 Å². The van der Waals surface area contributed by atoms with Crippen LogP contribution in [-0.2, 0) is 16.0 Å². The van der Waals surface area contributed by atoms with E-state index < -0.39 is 0 Å². The second kappa shape index (κ2) is 8.56. The Bertz CT molecular complexity index is 518. The summed E-state index contributed by atoms with van der Waals surface area (Å²) in [6.07, 6.45) is 1.07. The van der Waals surface area contributed by atoms with E-state index in [1.54, 1.807) is 12.0 Å². The average Bonchev–Trinajstić information content (AvgIpc) is 2.45. The van der Waals surface area contributed by atoms with Crippen LogP contribution < -0.4 is 10.1 Å². The highest BCUT2D eigenvalue weighted by Crippen LogP contribution is 2.12. The molecule has 1 rings (SSSR count). The van der Waals surface area contributed by atoms with Crippen molar-refractivity contribution in [3.63, 3.8) is 0 Å². The third-order valence-electron chi connectivity index (χ3n) is 3.40. The maximum atomic E-state index is 11.9. The molecule has 0 atom stereocenters. The molecule has 0 saturated heterocycles.